The van der Waals surface area contributed by atoms with Crippen molar-refractivity contribution in [3.05, 3.63) is 0 Å². The summed E-state index contributed by atoms with van der Waals surface area (Å²) in [6.45, 7) is 2.67. The molecule has 0 aliphatic carbocycles. The molecule has 0 bridgehead atoms. The first-order valence-electron chi connectivity index (χ1n) is 3.73. The smallest absolute Gasteiger partial charge is 0.137 e. The van der Waals surface area contributed by atoms with E-state index in [0.29, 0.717) is 6.54 Å². The molecule has 1 atom stereocenters. The van der Waals surface area contributed by atoms with Crippen LogP contribution < -0.4 is 5.11 Å². The molecule has 1 unspecified atom stereocenters. The Kier molecular flexibility index (Phi) is 2.14. The van der Waals surface area contributed by atoms with E-state index in [4.69, 9.17) is 0 Å². The van der Waals surface area contributed by atoms with Gasteiger partial charge in [-0.2, -0.15) is 0 Å². The number of amides is 1. The SMILES string of the molecule is CCC1CCCN1C(=O)[O-]. The van der Waals surface area contributed by atoms with Gasteiger partial charge in [-0.1, -0.05) is 6.92 Å². The molecule has 0 aromatic heterocycles. The van der Waals surface area contributed by atoms with Gasteiger partial charge in [0.25, 0.3) is 0 Å². The van der Waals surface area contributed by atoms with Crippen molar-refractivity contribution in [1.82, 2.24) is 4.90 Å². The fraction of sp³-hybridized carbons (Fsp3) is 0.857. The monoisotopic (exact) mass is 142 g/mol. The molecule has 1 aliphatic rings. The molecule has 1 rings (SSSR count). The van der Waals surface area contributed by atoms with Crippen molar-refractivity contribution in [2.45, 2.75) is 32.2 Å². The van der Waals surface area contributed by atoms with Crippen molar-refractivity contribution in [1.29, 1.82) is 0 Å². The summed E-state index contributed by atoms with van der Waals surface area (Å²) >= 11 is 0. The van der Waals surface area contributed by atoms with Crippen LogP contribution in [0.1, 0.15) is 26.2 Å². The van der Waals surface area contributed by atoms with Gasteiger partial charge in [0.2, 0.25) is 0 Å². The third kappa shape index (κ3) is 1.23. The van der Waals surface area contributed by atoms with E-state index in [1.165, 1.54) is 4.90 Å². The molecular weight excluding hydrogens is 130 g/mol. The number of hydrogen-bond donors (Lipinski definition) is 0. The van der Waals surface area contributed by atoms with Crippen LogP contribution in [-0.2, 0) is 0 Å². The van der Waals surface area contributed by atoms with Crippen LogP contribution in [0.3, 0.4) is 0 Å². The zero-order valence-electron chi connectivity index (χ0n) is 6.17. The quantitative estimate of drug-likeness (QED) is 0.525. The van der Waals surface area contributed by atoms with E-state index in [1.54, 1.807) is 0 Å². The Hall–Kier alpha value is -0.730. The van der Waals surface area contributed by atoms with E-state index in [9.17, 15) is 9.90 Å². The lowest BCUT2D eigenvalue weighted by molar-refractivity contribution is -0.266. The second-order valence-corrected chi connectivity index (χ2v) is 2.66. The Bertz CT molecular complexity index is 136. The molecule has 3 heteroatoms. The van der Waals surface area contributed by atoms with Crippen molar-refractivity contribution in [2.24, 2.45) is 0 Å². The molecule has 0 radical (unpaired) electrons. The Morgan fingerprint density at radius 2 is 2.50 bits per heavy atom. The highest BCUT2D eigenvalue weighted by molar-refractivity contribution is 5.63. The van der Waals surface area contributed by atoms with E-state index in [-0.39, 0.29) is 6.04 Å². The van der Waals surface area contributed by atoms with Crippen molar-refractivity contribution in [3.63, 3.8) is 0 Å². The van der Waals surface area contributed by atoms with Crippen molar-refractivity contribution >= 4 is 6.09 Å². The number of likely N-dealkylation sites (tertiary alicyclic amines) is 1. The van der Waals surface area contributed by atoms with E-state index < -0.39 is 6.09 Å². The van der Waals surface area contributed by atoms with Gasteiger partial charge in [0.05, 0.1) is 0 Å². The molecule has 1 amide bonds. The third-order valence-electron chi connectivity index (χ3n) is 2.08. The maximum absolute atomic E-state index is 10.4. The van der Waals surface area contributed by atoms with Gasteiger partial charge < -0.3 is 14.8 Å². The molecule has 0 N–H and O–H groups in total. The number of nitrogens with zero attached hydrogens (tertiary/aromatic N) is 1. The molecule has 1 heterocycles. The summed E-state index contributed by atoms with van der Waals surface area (Å²) in [6.07, 6.45) is 1.90. The van der Waals surface area contributed by atoms with Crippen LogP contribution in [-0.4, -0.2) is 23.6 Å². The maximum Gasteiger partial charge on any atom is 0.137 e. The number of carbonyl (C=O) groups excluding carboxylic acids is 1. The van der Waals surface area contributed by atoms with Crippen LogP contribution in [0.5, 0.6) is 0 Å². The van der Waals surface area contributed by atoms with Gasteiger partial charge in [-0.15, -0.1) is 0 Å². The first kappa shape index (κ1) is 7.38. The molecule has 0 spiro atoms. The second kappa shape index (κ2) is 2.90. The molecule has 58 valence electrons. The highest BCUT2D eigenvalue weighted by Gasteiger charge is 2.21. The van der Waals surface area contributed by atoms with Crippen molar-refractivity contribution in [3.8, 4) is 0 Å². The Morgan fingerprint density at radius 3 is 2.90 bits per heavy atom. The van der Waals surface area contributed by atoms with Crippen LogP contribution in [0, 0.1) is 0 Å². The minimum absolute atomic E-state index is 0.227. The highest BCUT2D eigenvalue weighted by Crippen LogP contribution is 2.18. The fourth-order valence-electron chi connectivity index (χ4n) is 1.50. The lowest BCUT2D eigenvalue weighted by Crippen LogP contribution is -2.43. The molecule has 1 aliphatic heterocycles. The molecule has 10 heavy (non-hydrogen) atoms. The lowest BCUT2D eigenvalue weighted by Gasteiger charge is -2.25. The topological polar surface area (TPSA) is 43.4 Å². The fourth-order valence-corrected chi connectivity index (χ4v) is 1.50. The van der Waals surface area contributed by atoms with Gasteiger partial charge in [-0.3, -0.25) is 0 Å². The molecule has 0 aromatic rings. The standard InChI is InChI=1S/C7H13NO2/c1-2-6-4-3-5-8(6)7(9)10/h6H,2-5H2,1H3,(H,9,10)/p-1. The minimum atomic E-state index is -1.01. The summed E-state index contributed by atoms with van der Waals surface area (Å²) in [5.74, 6) is 0. The largest absolute Gasteiger partial charge is 0.530 e. The van der Waals surface area contributed by atoms with Gasteiger partial charge in [-0.25, -0.2) is 0 Å². The average Bonchev–Trinajstić information content (AvgIpc) is 2.33. The third-order valence-corrected chi connectivity index (χ3v) is 2.08. The van der Waals surface area contributed by atoms with E-state index in [1.807, 2.05) is 6.92 Å². The van der Waals surface area contributed by atoms with Crippen LogP contribution in [0.15, 0.2) is 0 Å². The Balaban J connectivity index is 2.50. The minimum Gasteiger partial charge on any atom is -0.530 e. The van der Waals surface area contributed by atoms with Gasteiger partial charge in [-0.05, 0) is 19.3 Å². The zero-order chi connectivity index (χ0) is 7.56. The van der Waals surface area contributed by atoms with Gasteiger partial charge in [0.15, 0.2) is 0 Å². The average molecular weight is 142 g/mol. The molecule has 0 saturated carbocycles. The van der Waals surface area contributed by atoms with Gasteiger partial charge >= 0.3 is 0 Å². The Morgan fingerprint density at radius 1 is 1.80 bits per heavy atom. The number of carboxylic acid groups (broad SMARTS) is 1. The first-order chi connectivity index (χ1) is 4.75. The number of rotatable bonds is 1. The van der Waals surface area contributed by atoms with Crippen LogP contribution in [0.25, 0.3) is 0 Å². The molecule has 0 aromatic carbocycles. The molecular formula is C7H12NO2-. The van der Waals surface area contributed by atoms with Crippen molar-refractivity contribution in [2.75, 3.05) is 6.54 Å². The predicted molar refractivity (Wildman–Crippen MR) is 35.4 cm³/mol. The molecule has 1 saturated heterocycles. The second-order valence-electron chi connectivity index (χ2n) is 2.66. The summed E-state index contributed by atoms with van der Waals surface area (Å²) in [5, 5.41) is 10.4. The summed E-state index contributed by atoms with van der Waals surface area (Å²) in [4.78, 5) is 11.8. The van der Waals surface area contributed by atoms with Crippen LogP contribution in [0.2, 0.25) is 0 Å². The normalized spacial score (nSPS) is 25.3. The summed E-state index contributed by atoms with van der Waals surface area (Å²) in [6, 6.07) is 0.227. The van der Waals surface area contributed by atoms with E-state index in [2.05, 4.69) is 0 Å². The van der Waals surface area contributed by atoms with E-state index in [0.717, 1.165) is 19.3 Å². The maximum atomic E-state index is 10.4. The van der Waals surface area contributed by atoms with Crippen LogP contribution in [0.4, 0.5) is 4.79 Å². The number of carbonyl (C=O) groups is 1. The van der Waals surface area contributed by atoms with Crippen molar-refractivity contribution < 1.29 is 9.90 Å². The first-order valence-corrected chi connectivity index (χ1v) is 3.73. The van der Waals surface area contributed by atoms with Gasteiger partial charge in [0.1, 0.15) is 6.09 Å². The molecule has 3 nitrogen and oxygen atoms in total. The zero-order valence-corrected chi connectivity index (χ0v) is 6.17. The number of hydrogen-bond acceptors (Lipinski definition) is 2. The summed E-state index contributed by atoms with van der Waals surface area (Å²) in [5.41, 5.74) is 0. The predicted octanol–water partition coefficient (Wildman–Crippen LogP) is 0.204. The van der Waals surface area contributed by atoms with Crippen LogP contribution >= 0.6 is 0 Å². The van der Waals surface area contributed by atoms with E-state index >= 15 is 0 Å². The summed E-state index contributed by atoms with van der Waals surface area (Å²) < 4.78 is 0. The lowest BCUT2D eigenvalue weighted by atomic mass is 10.2. The summed E-state index contributed by atoms with van der Waals surface area (Å²) in [7, 11) is 0. The highest BCUT2D eigenvalue weighted by atomic mass is 16.4. The van der Waals surface area contributed by atoms with Gasteiger partial charge in [0, 0.05) is 12.6 Å². The molecule has 1 fully saturated rings. The Labute approximate surface area is 60.6 Å².